The lowest BCUT2D eigenvalue weighted by Gasteiger charge is -2.32. The average Bonchev–Trinajstić information content (AvgIpc) is 2.70. The van der Waals surface area contributed by atoms with Gasteiger partial charge in [-0.2, -0.15) is 0 Å². The average molecular weight is 435 g/mol. The highest BCUT2D eigenvalue weighted by molar-refractivity contribution is 6.42. The Morgan fingerprint density at radius 2 is 1.90 bits per heavy atom. The molecule has 1 unspecified atom stereocenters. The van der Waals surface area contributed by atoms with Crippen molar-refractivity contribution in [3.63, 3.8) is 0 Å². The Morgan fingerprint density at radius 1 is 1.17 bits per heavy atom. The molecule has 1 fully saturated rings. The van der Waals surface area contributed by atoms with Crippen LogP contribution in [0.5, 0.6) is 5.75 Å². The van der Waals surface area contributed by atoms with E-state index < -0.39 is 0 Å². The van der Waals surface area contributed by atoms with Crippen molar-refractivity contribution < 1.29 is 9.53 Å². The predicted octanol–water partition coefficient (Wildman–Crippen LogP) is 5.10. The van der Waals surface area contributed by atoms with Crippen LogP contribution in [0.1, 0.15) is 30.9 Å². The Morgan fingerprint density at radius 3 is 2.59 bits per heavy atom. The van der Waals surface area contributed by atoms with Crippen molar-refractivity contribution in [1.29, 1.82) is 0 Å². The Labute approximate surface area is 183 Å². The van der Waals surface area contributed by atoms with Crippen molar-refractivity contribution >= 4 is 29.1 Å². The molecule has 1 saturated heterocycles. The van der Waals surface area contributed by atoms with E-state index >= 15 is 0 Å². The van der Waals surface area contributed by atoms with Crippen molar-refractivity contribution in [2.24, 2.45) is 5.92 Å². The zero-order valence-electron chi connectivity index (χ0n) is 17.0. The third-order valence-electron chi connectivity index (χ3n) is 5.32. The number of hydrogen-bond acceptors (Lipinski definition) is 3. The summed E-state index contributed by atoms with van der Waals surface area (Å²) in [6.07, 6.45) is 1.72. The minimum absolute atomic E-state index is 0.0312. The normalized spacial score (nSPS) is 16.4. The molecule has 1 atom stereocenters. The summed E-state index contributed by atoms with van der Waals surface area (Å²) in [6.45, 7) is 7.08. The first-order chi connectivity index (χ1) is 13.9. The van der Waals surface area contributed by atoms with E-state index in [-0.39, 0.29) is 17.9 Å². The Hall–Kier alpha value is -1.75. The standard InChI is InChI=1S/C23H28Cl2N2O2/c1-16-5-3-4-6-22(16)29-15-17(2)26-23(28)19-9-11-27(12-10-19)14-18-7-8-20(24)21(25)13-18/h3-8,13,17,19H,9-12,14-15H2,1-2H3,(H,26,28). The molecule has 1 amide bonds. The van der Waals surface area contributed by atoms with E-state index in [1.54, 1.807) is 0 Å². The lowest BCUT2D eigenvalue weighted by molar-refractivity contribution is -0.127. The number of carbonyl (C=O) groups excluding carboxylic acids is 1. The van der Waals surface area contributed by atoms with Crippen LogP contribution < -0.4 is 10.1 Å². The Bertz CT molecular complexity index is 835. The number of benzene rings is 2. The van der Waals surface area contributed by atoms with Crippen molar-refractivity contribution in [3.8, 4) is 5.75 Å². The SMILES string of the molecule is Cc1ccccc1OCC(C)NC(=O)C1CCN(Cc2ccc(Cl)c(Cl)c2)CC1. The molecule has 0 bridgehead atoms. The summed E-state index contributed by atoms with van der Waals surface area (Å²) in [6, 6.07) is 13.6. The second-order valence-electron chi connectivity index (χ2n) is 7.79. The first kappa shape index (κ1) is 21.9. The molecule has 2 aromatic rings. The van der Waals surface area contributed by atoms with Crippen LogP contribution in [0.4, 0.5) is 0 Å². The fraction of sp³-hybridized carbons (Fsp3) is 0.435. The van der Waals surface area contributed by atoms with Gasteiger partial charge in [-0.1, -0.05) is 47.5 Å². The molecule has 4 nitrogen and oxygen atoms in total. The van der Waals surface area contributed by atoms with Crippen LogP contribution >= 0.6 is 23.2 Å². The number of piperidine rings is 1. The molecule has 2 aromatic carbocycles. The van der Waals surface area contributed by atoms with Gasteiger partial charge in [0.15, 0.2) is 0 Å². The molecule has 0 radical (unpaired) electrons. The smallest absolute Gasteiger partial charge is 0.223 e. The number of ether oxygens (including phenoxy) is 1. The van der Waals surface area contributed by atoms with Gasteiger partial charge < -0.3 is 10.1 Å². The number of para-hydroxylation sites is 1. The van der Waals surface area contributed by atoms with Crippen LogP contribution in [0.25, 0.3) is 0 Å². The van der Waals surface area contributed by atoms with Gasteiger partial charge in [-0.05, 0) is 69.1 Å². The van der Waals surface area contributed by atoms with Gasteiger partial charge in [0.25, 0.3) is 0 Å². The van der Waals surface area contributed by atoms with E-state index in [0.29, 0.717) is 16.7 Å². The van der Waals surface area contributed by atoms with Gasteiger partial charge >= 0.3 is 0 Å². The van der Waals surface area contributed by atoms with E-state index in [1.165, 1.54) is 0 Å². The number of carbonyl (C=O) groups is 1. The first-order valence-corrected chi connectivity index (χ1v) is 10.8. The first-order valence-electron chi connectivity index (χ1n) is 10.1. The molecule has 29 heavy (non-hydrogen) atoms. The van der Waals surface area contributed by atoms with Crippen LogP contribution in [0, 0.1) is 12.8 Å². The number of rotatable bonds is 7. The summed E-state index contributed by atoms with van der Waals surface area (Å²) < 4.78 is 5.85. The van der Waals surface area contributed by atoms with Crippen molar-refractivity contribution in [3.05, 3.63) is 63.6 Å². The minimum atomic E-state index is -0.0312. The molecule has 6 heteroatoms. The zero-order chi connectivity index (χ0) is 20.8. The van der Waals surface area contributed by atoms with E-state index in [9.17, 15) is 4.79 Å². The van der Waals surface area contributed by atoms with E-state index in [1.807, 2.05) is 56.3 Å². The highest BCUT2D eigenvalue weighted by atomic mass is 35.5. The van der Waals surface area contributed by atoms with Gasteiger partial charge in [0.05, 0.1) is 16.1 Å². The molecule has 0 aromatic heterocycles. The molecule has 156 valence electrons. The number of aryl methyl sites for hydroxylation is 1. The van der Waals surface area contributed by atoms with Crippen molar-refractivity contribution in [2.45, 2.75) is 39.3 Å². The number of hydrogen-bond donors (Lipinski definition) is 1. The lowest BCUT2D eigenvalue weighted by Crippen LogP contribution is -2.44. The highest BCUT2D eigenvalue weighted by Gasteiger charge is 2.26. The third kappa shape index (κ3) is 6.36. The fourth-order valence-electron chi connectivity index (χ4n) is 3.58. The summed E-state index contributed by atoms with van der Waals surface area (Å²) in [4.78, 5) is 15.0. The molecule has 3 rings (SSSR count). The number of likely N-dealkylation sites (tertiary alicyclic amines) is 1. The molecule has 1 N–H and O–H groups in total. The predicted molar refractivity (Wildman–Crippen MR) is 119 cm³/mol. The van der Waals surface area contributed by atoms with E-state index in [2.05, 4.69) is 10.2 Å². The molecule has 1 aliphatic heterocycles. The minimum Gasteiger partial charge on any atom is -0.491 e. The molecule has 1 heterocycles. The summed E-state index contributed by atoms with van der Waals surface area (Å²) >= 11 is 12.1. The van der Waals surface area contributed by atoms with Crippen LogP contribution in [0.15, 0.2) is 42.5 Å². The van der Waals surface area contributed by atoms with E-state index in [4.69, 9.17) is 27.9 Å². The quantitative estimate of drug-likeness (QED) is 0.658. The highest BCUT2D eigenvalue weighted by Crippen LogP contribution is 2.25. The summed E-state index contributed by atoms with van der Waals surface area (Å²) in [5.74, 6) is 1.05. The van der Waals surface area contributed by atoms with Crippen LogP contribution in [-0.2, 0) is 11.3 Å². The number of nitrogens with one attached hydrogen (secondary N) is 1. The largest absolute Gasteiger partial charge is 0.491 e. The topological polar surface area (TPSA) is 41.6 Å². The second kappa shape index (κ2) is 10.3. The van der Waals surface area contributed by atoms with Gasteiger partial charge in [0.1, 0.15) is 12.4 Å². The van der Waals surface area contributed by atoms with Crippen LogP contribution in [0.2, 0.25) is 10.0 Å². The maximum Gasteiger partial charge on any atom is 0.223 e. The summed E-state index contributed by atoms with van der Waals surface area (Å²) in [5.41, 5.74) is 2.24. The molecular weight excluding hydrogens is 407 g/mol. The summed E-state index contributed by atoms with van der Waals surface area (Å²) in [5, 5.41) is 4.26. The maximum atomic E-state index is 12.6. The molecule has 0 aliphatic carbocycles. The van der Waals surface area contributed by atoms with Gasteiger partial charge in [0.2, 0.25) is 5.91 Å². The number of amides is 1. The van der Waals surface area contributed by atoms with Gasteiger partial charge in [-0.25, -0.2) is 0 Å². The molecular formula is C23H28Cl2N2O2. The van der Waals surface area contributed by atoms with Gasteiger partial charge in [-0.3, -0.25) is 9.69 Å². The monoisotopic (exact) mass is 434 g/mol. The molecule has 0 spiro atoms. The summed E-state index contributed by atoms with van der Waals surface area (Å²) in [7, 11) is 0. The van der Waals surface area contributed by atoms with Crippen LogP contribution in [-0.4, -0.2) is 36.5 Å². The zero-order valence-corrected chi connectivity index (χ0v) is 18.5. The molecule has 0 saturated carbocycles. The van der Waals surface area contributed by atoms with Crippen LogP contribution in [0.3, 0.4) is 0 Å². The lowest BCUT2D eigenvalue weighted by atomic mass is 9.95. The van der Waals surface area contributed by atoms with Crippen molar-refractivity contribution in [1.82, 2.24) is 10.2 Å². The Balaban J connectivity index is 1.41. The number of nitrogens with zero attached hydrogens (tertiary/aromatic N) is 1. The van der Waals surface area contributed by atoms with Gasteiger partial charge in [-0.15, -0.1) is 0 Å². The number of halogens is 2. The molecule has 1 aliphatic rings. The van der Waals surface area contributed by atoms with Gasteiger partial charge in [0, 0.05) is 12.5 Å². The fourth-order valence-corrected chi connectivity index (χ4v) is 3.91. The van der Waals surface area contributed by atoms with Crippen molar-refractivity contribution in [2.75, 3.05) is 19.7 Å². The third-order valence-corrected chi connectivity index (χ3v) is 6.06. The maximum absolute atomic E-state index is 12.6. The van der Waals surface area contributed by atoms with E-state index in [0.717, 1.165) is 49.4 Å². The Kier molecular flexibility index (Phi) is 7.82. The second-order valence-corrected chi connectivity index (χ2v) is 8.60.